The summed E-state index contributed by atoms with van der Waals surface area (Å²) in [5.74, 6) is 0.121. The Labute approximate surface area is 133 Å². The fraction of sp³-hybridized carbons (Fsp3) is 0.250. The Morgan fingerprint density at radius 2 is 1.33 bits per heavy atom. The number of rotatable bonds is 4. The van der Waals surface area contributed by atoms with Gasteiger partial charge in [-0.2, -0.15) is 26.3 Å². The minimum absolute atomic E-state index is 0.0100. The molecular weight excluding hydrogens is 338 g/mol. The normalized spacial score (nSPS) is 12.1. The molecule has 0 aromatic heterocycles. The van der Waals surface area contributed by atoms with Crippen molar-refractivity contribution < 1.29 is 35.8 Å². The van der Waals surface area contributed by atoms with Gasteiger partial charge < -0.3 is 9.47 Å². The van der Waals surface area contributed by atoms with Crippen molar-refractivity contribution in [1.82, 2.24) is 0 Å². The predicted octanol–water partition coefficient (Wildman–Crippen LogP) is 5.31. The van der Waals surface area contributed by atoms with Crippen LogP contribution in [0.2, 0.25) is 0 Å². The Morgan fingerprint density at radius 1 is 0.750 bits per heavy atom. The molecule has 2 aromatic rings. The quantitative estimate of drug-likeness (QED) is 0.696. The van der Waals surface area contributed by atoms with Crippen molar-refractivity contribution in [2.24, 2.45) is 0 Å². The van der Waals surface area contributed by atoms with Gasteiger partial charge in [0.25, 0.3) is 0 Å². The smallest absolute Gasteiger partial charge is 0.416 e. The van der Waals surface area contributed by atoms with E-state index in [0.717, 1.165) is 36.4 Å². The van der Waals surface area contributed by atoms with Crippen LogP contribution in [0.4, 0.5) is 26.3 Å². The zero-order chi connectivity index (χ0) is 18.0. The molecule has 2 nitrogen and oxygen atoms in total. The number of hydrogen-bond acceptors (Lipinski definition) is 2. The Kier molecular flexibility index (Phi) is 4.96. The molecule has 0 aliphatic rings. The highest BCUT2D eigenvalue weighted by atomic mass is 19.4. The van der Waals surface area contributed by atoms with E-state index in [1.54, 1.807) is 0 Å². The van der Waals surface area contributed by atoms with Crippen molar-refractivity contribution in [2.75, 3.05) is 7.11 Å². The Hall–Kier alpha value is -2.38. The molecule has 0 amide bonds. The average Bonchev–Trinajstić information content (AvgIpc) is 2.51. The lowest BCUT2D eigenvalue weighted by molar-refractivity contribution is -0.138. The first-order valence-corrected chi connectivity index (χ1v) is 6.65. The highest BCUT2D eigenvalue weighted by Crippen LogP contribution is 2.33. The number of alkyl halides is 6. The molecule has 0 aliphatic carbocycles. The molecule has 0 bridgehead atoms. The van der Waals surface area contributed by atoms with Crippen LogP contribution in [0.3, 0.4) is 0 Å². The van der Waals surface area contributed by atoms with Gasteiger partial charge in [-0.15, -0.1) is 0 Å². The first kappa shape index (κ1) is 18.0. The van der Waals surface area contributed by atoms with E-state index in [2.05, 4.69) is 0 Å². The molecule has 0 N–H and O–H groups in total. The number of benzene rings is 2. The van der Waals surface area contributed by atoms with Gasteiger partial charge in [-0.05, 0) is 48.0 Å². The summed E-state index contributed by atoms with van der Waals surface area (Å²) < 4.78 is 85.8. The third-order valence-electron chi connectivity index (χ3n) is 3.12. The molecule has 0 spiro atoms. The average molecular weight is 350 g/mol. The maximum Gasteiger partial charge on any atom is 0.416 e. The summed E-state index contributed by atoms with van der Waals surface area (Å²) in [7, 11) is 1.23. The summed E-state index contributed by atoms with van der Waals surface area (Å²) in [6.45, 7) is -0.244. The lowest BCUT2D eigenvalue weighted by atomic mass is 10.1. The largest absolute Gasteiger partial charge is 0.497 e. The molecule has 0 atom stereocenters. The van der Waals surface area contributed by atoms with Gasteiger partial charge in [-0.25, -0.2) is 0 Å². The summed E-state index contributed by atoms with van der Waals surface area (Å²) in [6, 6.07) is 6.99. The van der Waals surface area contributed by atoms with E-state index in [1.807, 2.05) is 0 Å². The second-order valence-electron chi connectivity index (χ2n) is 4.88. The van der Waals surface area contributed by atoms with Crippen LogP contribution in [0.1, 0.15) is 16.7 Å². The summed E-state index contributed by atoms with van der Waals surface area (Å²) in [5, 5.41) is 0. The van der Waals surface area contributed by atoms with Crippen LogP contribution in [0, 0.1) is 0 Å². The van der Waals surface area contributed by atoms with Gasteiger partial charge >= 0.3 is 12.4 Å². The lowest BCUT2D eigenvalue weighted by Crippen LogP contribution is -2.07. The zero-order valence-electron chi connectivity index (χ0n) is 12.3. The summed E-state index contributed by atoms with van der Waals surface area (Å²) in [4.78, 5) is 0. The fourth-order valence-electron chi connectivity index (χ4n) is 1.93. The molecule has 2 aromatic carbocycles. The van der Waals surface area contributed by atoms with Gasteiger partial charge in [0.1, 0.15) is 18.1 Å². The summed E-state index contributed by atoms with van der Waals surface area (Å²) in [5.41, 5.74) is -1.55. The molecule has 0 unspecified atom stereocenters. The molecule has 0 radical (unpaired) electrons. The molecule has 0 saturated carbocycles. The molecule has 0 heterocycles. The van der Waals surface area contributed by atoms with Crippen LogP contribution in [-0.2, 0) is 19.0 Å². The predicted molar refractivity (Wildman–Crippen MR) is 73.8 cm³/mol. The third kappa shape index (κ3) is 4.56. The maximum absolute atomic E-state index is 12.8. The van der Waals surface area contributed by atoms with Gasteiger partial charge in [0.05, 0.1) is 18.2 Å². The summed E-state index contributed by atoms with van der Waals surface area (Å²) >= 11 is 0. The third-order valence-corrected chi connectivity index (χ3v) is 3.12. The van der Waals surface area contributed by atoms with Crippen LogP contribution < -0.4 is 9.47 Å². The van der Waals surface area contributed by atoms with Gasteiger partial charge in [0.2, 0.25) is 0 Å². The molecule has 2 rings (SSSR count). The number of hydrogen-bond donors (Lipinski definition) is 0. The molecule has 0 saturated heterocycles. The van der Waals surface area contributed by atoms with Crippen LogP contribution in [0.15, 0.2) is 42.5 Å². The Bertz CT molecular complexity index is 689. The van der Waals surface area contributed by atoms with Crippen molar-refractivity contribution in [1.29, 1.82) is 0 Å². The maximum atomic E-state index is 12.8. The lowest BCUT2D eigenvalue weighted by Gasteiger charge is -2.13. The van der Waals surface area contributed by atoms with Crippen molar-refractivity contribution in [3.05, 3.63) is 59.2 Å². The second-order valence-corrected chi connectivity index (χ2v) is 4.88. The van der Waals surface area contributed by atoms with Crippen molar-refractivity contribution >= 4 is 0 Å². The SMILES string of the molecule is COc1cc(COc2ccc(C(F)(F)F)cc2)cc(C(F)(F)F)c1. The van der Waals surface area contributed by atoms with Crippen LogP contribution in [0.25, 0.3) is 0 Å². The molecule has 0 fully saturated rings. The van der Waals surface area contributed by atoms with Gasteiger partial charge in [-0.3, -0.25) is 0 Å². The van der Waals surface area contributed by atoms with E-state index in [4.69, 9.17) is 9.47 Å². The fourth-order valence-corrected chi connectivity index (χ4v) is 1.93. The Morgan fingerprint density at radius 3 is 1.83 bits per heavy atom. The highest BCUT2D eigenvalue weighted by Gasteiger charge is 2.31. The monoisotopic (exact) mass is 350 g/mol. The van der Waals surface area contributed by atoms with Crippen molar-refractivity contribution in [2.45, 2.75) is 19.0 Å². The number of halogens is 6. The molecular formula is C16H12F6O2. The minimum Gasteiger partial charge on any atom is -0.497 e. The van der Waals surface area contributed by atoms with E-state index in [0.29, 0.717) is 0 Å². The van der Waals surface area contributed by atoms with Crippen molar-refractivity contribution in [3.8, 4) is 11.5 Å². The van der Waals surface area contributed by atoms with Crippen LogP contribution >= 0.6 is 0 Å². The van der Waals surface area contributed by atoms with E-state index in [9.17, 15) is 26.3 Å². The Balaban J connectivity index is 2.14. The first-order valence-electron chi connectivity index (χ1n) is 6.65. The van der Waals surface area contributed by atoms with Gasteiger partial charge in [-0.1, -0.05) is 0 Å². The van der Waals surface area contributed by atoms with Gasteiger partial charge in [0, 0.05) is 0 Å². The first-order chi connectivity index (χ1) is 11.1. The summed E-state index contributed by atoms with van der Waals surface area (Å²) in [6.07, 6.45) is -9.01. The number of methoxy groups -OCH3 is 1. The second kappa shape index (κ2) is 6.62. The van der Waals surface area contributed by atoms with Gasteiger partial charge in [0.15, 0.2) is 0 Å². The van der Waals surface area contributed by atoms with E-state index in [1.165, 1.54) is 13.2 Å². The van der Waals surface area contributed by atoms with E-state index >= 15 is 0 Å². The molecule has 0 aliphatic heterocycles. The number of ether oxygens (including phenoxy) is 2. The highest BCUT2D eigenvalue weighted by molar-refractivity contribution is 5.36. The van der Waals surface area contributed by atoms with Crippen LogP contribution in [-0.4, -0.2) is 7.11 Å². The van der Waals surface area contributed by atoms with Crippen LogP contribution in [0.5, 0.6) is 11.5 Å². The van der Waals surface area contributed by atoms with E-state index in [-0.39, 0.29) is 23.7 Å². The molecule has 130 valence electrons. The zero-order valence-corrected chi connectivity index (χ0v) is 12.3. The molecule has 24 heavy (non-hydrogen) atoms. The standard InChI is InChI=1S/C16H12F6O2/c1-23-14-7-10(6-12(8-14)16(20,21)22)9-24-13-4-2-11(3-5-13)15(17,18)19/h2-8H,9H2,1H3. The topological polar surface area (TPSA) is 18.5 Å². The van der Waals surface area contributed by atoms with Crippen molar-refractivity contribution in [3.63, 3.8) is 0 Å². The molecule has 8 heteroatoms. The minimum atomic E-state index is -4.54. The van der Waals surface area contributed by atoms with E-state index < -0.39 is 23.5 Å².